The van der Waals surface area contributed by atoms with E-state index in [9.17, 15) is 4.79 Å². The smallest absolute Gasteiger partial charge is 0.330 e. The zero-order chi connectivity index (χ0) is 11.4. The molecule has 2 rings (SSSR count). The molecular weight excluding hydrogens is 202 g/mol. The summed E-state index contributed by atoms with van der Waals surface area (Å²) in [5.41, 5.74) is 1.87. The Morgan fingerprint density at radius 3 is 2.94 bits per heavy atom. The maximum Gasteiger partial charge on any atom is 0.330 e. The molecule has 0 bridgehead atoms. The van der Waals surface area contributed by atoms with E-state index >= 15 is 0 Å². The van der Waals surface area contributed by atoms with Crippen molar-refractivity contribution in [1.29, 1.82) is 0 Å². The molecule has 3 nitrogen and oxygen atoms in total. The van der Waals surface area contributed by atoms with Gasteiger partial charge in [0.1, 0.15) is 0 Å². The Morgan fingerprint density at radius 1 is 1.31 bits per heavy atom. The molecule has 1 heterocycles. The molecule has 1 aromatic heterocycles. The number of pyridine rings is 1. The predicted octanol–water partition coefficient (Wildman–Crippen LogP) is 2.42. The van der Waals surface area contributed by atoms with Gasteiger partial charge in [-0.3, -0.25) is 4.98 Å². The molecule has 0 amide bonds. The molecule has 3 heteroatoms. The maximum atomic E-state index is 11.0. The van der Waals surface area contributed by atoms with Crippen molar-refractivity contribution in [2.24, 2.45) is 0 Å². The van der Waals surface area contributed by atoms with E-state index in [4.69, 9.17) is 0 Å². The van der Waals surface area contributed by atoms with E-state index in [1.54, 1.807) is 12.3 Å². The monoisotopic (exact) mass is 213 g/mol. The first kappa shape index (κ1) is 10.4. The summed E-state index contributed by atoms with van der Waals surface area (Å²) in [4.78, 5) is 15.2. The Labute approximate surface area is 93.4 Å². The van der Waals surface area contributed by atoms with Crippen LogP contribution in [-0.4, -0.2) is 18.1 Å². The lowest BCUT2D eigenvalue weighted by Gasteiger charge is -2.00. The molecule has 0 atom stereocenters. The van der Waals surface area contributed by atoms with E-state index in [0.717, 1.165) is 16.5 Å². The van der Waals surface area contributed by atoms with Crippen LogP contribution in [0.5, 0.6) is 0 Å². The molecule has 0 radical (unpaired) electrons. The van der Waals surface area contributed by atoms with E-state index in [2.05, 4.69) is 9.72 Å². The highest BCUT2D eigenvalue weighted by Gasteiger charge is 1.98. The van der Waals surface area contributed by atoms with Gasteiger partial charge in [-0.15, -0.1) is 0 Å². The number of carbonyl (C=O) groups is 1. The molecule has 0 spiro atoms. The molecule has 0 saturated carbocycles. The summed E-state index contributed by atoms with van der Waals surface area (Å²) in [5, 5.41) is 1.02. The molecule has 1 aromatic carbocycles. The van der Waals surface area contributed by atoms with Gasteiger partial charge in [0.25, 0.3) is 0 Å². The number of hydrogen-bond acceptors (Lipinski definition) is 3. The van der Waals surface area contributed by atoms with Crippen molar-refractivity contribution in [3.63, 3.8) is 0 Å². The first-order valence-corrected chi connectivity index (χ1v) is 4.91. The highest BCUT2D eigenvalue weighted by Crippen LogP contribution is 2.17. The Morgan fingerprint density at radius 2 is 2.12 bits per heavy atom. The third-order valence-electron chi connectivity index (χ3n) is 2.28. The van der Waals surface area contributed by atoms with Crippen LogP contribution >= 0.6 is 0 Å². The number of methoxy groups -OCH3 is 1. The standard InChI is InChI=1S/C13H11NO2/c1-16-13(15)7-6-10-8-9-14-12-5-3-2-4-11(10)12/h2-9H,1H3/b7-6+. The van der Waals surface area contributed by atoms with Crippen molar-refractivity contribution in [2.75, 3.05) is 7.11 Å². The van der Waals surface area contributed by atoms with Crippen LogP contribution in [0.25, 0.3) is 17.0 Å². The Hall–Kier alpha value is -2.16. The highest BCUT2D eigenvalue weighted by atomic mass is 16.5. The molecule has 0 aliphatic rings. The van der Waals surface area contributed by atoms with Crippen molar-refractivity contribution in [2.45, 2.75) is 0 Å². The highest BCUT2D eigenvalue weighted by molar-refractivity contribution is 5.93. The summed E-state index contributed by atoms with van der Waals surface area (Å²) in [7, 11) is 1.36. The van der Waals surface area contributed by atoms with E-state index in [1.165, 1.54) is 13.2 Å². The number of nitrogens with zero attached hydrogens (tertiary/aromatic N) is 1. The molecule has 0 aliphatic carbocycles. The second-order valence-corrected chi connectivity index (χ2v) is 3.27. The molecule has 0 N–H and O–H groups in total. The predicted molar refractivity (Wildman–Crippen MR) is 62.8 cm³/mol. The molecule has 0 fully saturated rings. The van der Waals surface area contributed by atoms with Gasteiger partial charge < -0.3 is 4.74 Å². The minimum atomic E-state index is -0.360. The lowest BCUT2D eigenvalue weighted by Crippen LogP contribution is -1.93. The topological polar surface area (TPSA) is 39.2 Å². The summed E-state index contributed by atoms with van der Waals surface area (Å²) < 4.78 is 4.54. The number of benzene rings is 1. The van der Waals surface area contributed by atoms with Crippen LogP contribution in [0.3, 0.4) is 0 Å². The molecule has 80 valence electrons. The van der Waals surface area contributed by atoms with E-state index in [-0.39, 0.29) is 5.97 Å². The number of ether oxygens (including phenoxy) is 1. The molecule has 0 unspecified atom stereocenters. The second-order valence-electron chi connectivity index (χ2n) is 3.27. The van der Waals surface area contributed by atoms with E-state index in [1.807, 2.05) is 30.3 Å². The number of aromatic nitrogens is 1. The lowest BCUT2D eigenvalue weighted by atomic mass is 10.1. The number of fused-ring (bicyclic) bond motifs is 1. The van der Waals surface area contributed by atoms with Gasteiger partial charge in [-0.1, -0.05) is 18.2 Å². The zero-order valence-corrected chi connectivity index (χ0v) is 8.88. The van der Waals surface area contributed by atoms with Crippen molar-refractivity contribution in [3.8, 4) is 0 Å². The average Bonchev–Trinajstić information content (AvgIpc) is 2.35. The number of rotatable bonds is 2. The fourth-order valence-corrected chi connectivity index (χ4v) is 1.49. The third kappa shape index (κ3) is 2.08. The zero-order valence-electron chi connectivity index (χ0n) is 8.88. The van der Waals surface area contributed by atoms with Crippen molar-refractivity contribution in [1.82, 2.24) is 4.98 Å². The van der Waals surface area contributed by atoms with Gasteiger partial charge in [0.05, 0.1) is 12.6 Å². The number of hydrogen-bond donors (Lipinski definition) is 0. The van der Waals surface area contributed by atoms with Crippen molar-refractivity contribution >= 4 is 22.9 Å². The van der Waals surface area contributed by atoms with Crippen LogP contribution in [0, 0.1) is 0 Å². The number of carbonyl (C=O) groups excluding carboxylic acids is 1. The number of para-hydroxylation sites is 1. The summed E-state index contributed by atoms with van der Waals surface area (Å²) in [6.45, 7) is 0. The average molecular weight is 213 g/mol. The molecule has 2 aromatic rings. The lowest BCUT2D eigenvalue weighted by molar-refractivity contribution is -0.134. The van der Waals surface area contributed by atoms with Crippen molar-refractivity contribution in [3.05, 3.63) is 48.2 Å². The minimum Gasteiger partial charge on any atom is -0.466 e. The van der Waals surface area contributed by atoms with Crippen LogP contribution in [0.1, 0.15) is 5.56 Å². The molecule has 16 heavy (non-hydrogen) atoms. The fourth-order valence-electron chi connectivity index (χ4n) is 1.49. The van der Waals surface area contributed by atoms with Crippen molar-refractivity contribution < 1.29 is 9.53 Å². The molecule has 0 saturated heterocycles. The quantitative estimate of drug-likeness (QED) is 0.568. The van der Waals surface area contributed by atoms with E-state index < -0.39 is 0 Å². The van der Waals surface area contributed by atoms with Crippen LogP contribution in [0.15, 0.2) is 42.6 Å². The Bertz CT molecular complexity index is 541. The van der Waals surface area contributed by atoms with Crippen LogP contribution in [0.2, 0.25) is 0 Å². The van der Waals surface area contributed by atoms with Crippen LogP contribution in [0.4, 0.5) is 0 Å². The minimum absolute atomic E-state index is 0.360. The molecular formula is C13H11NO2. The summed E-state index contributed by atoms with van der Waals surface area (Å²) in [6, 6.07) is 9.65. The van der Waals surface area contributed by atoms with Gasteiger partial charge in [0.15, 0.2) is 0 Å². The number of esters is 1. The first-order valence-electron chi connectivity index (χ1n) is 4.91. The van der Waals surface area contributed by atoms with Gasteiger partial charge in [-0.2, -0.15) is 0 Å². The maximum absolute atomic E-state index is 11.0. The van der Waals surface area contributed by atoms with Gasteiger partial charge in [0.2, 0.25) is 0 Å². The largest absolute Gasteiger partial charge is 0.466 e. The third-order valence-corrected chi connectivity index (χ3v) is 2.28. The Balaban J connectivity index is 2.45. The van der Waals surface area contributed by atoms with Gasteiger partial charge in [-0.25, -0.2) is 4.79 Å². The Kier molecular flexibility index (Phi) is 2.96. The van der Waals surface area contributed by atoms with Gasteiger partial charge in [0, 0.05) is 17.7 Å². The fraction of sp³-hybridized carbons (Fsp3) is 0.0769. The summed E-state index contributed by atoms with van der Waals surface area (Å²) in [5.74, 6) is -0.360. The summed E-state index contributed by atoms with van der Waals surface area (Å²) >= 11 is 0. The van der Waals surface area contributed by atoms with E-state index in [0.29, 0.717) is 0 Å². The van der Waals surface area contributed by atoms with Crippen LogP contribution < -0.4 is 0 Å². The SMILES string of the molecule is COC(=O)/C=C/c1ccnc2ccccc12. The summed E-state index contributed by atoms with van der Waals surface area (Å²) in [6.07, 6.45) is 4.86. The molecule has 0 aliphatic heterocycles. The van der Waals surface area contributed by atoms with Gasteiger partial charge >= 0.3 is 5.97 Å². The van der Waals surface area contributed by atoms with Gasteiger partial charge in [-0.05, 0) is 23.8 Å². The van der Waals surface area contributed by atoms with Crippen LogP contribution in [-0.2, 0) is 9.53 Å². The normalized spacial score (nSPS) is 10.8. The second kappa shape index (κ2) is 4.57. The first-order chi connectivity index (χ1) is 7.81.